The van der Waals surface area contributed by atoms with Crippen molar-refractivity contribution in [2.24, 2.45) is 5.73 Å². The van der Waals surface area contributed by atoms with E-state index in [1.54, 1.807) is 36.4 Å². The van der Waals surface area contributed by atoms with Crippen LogP contribution in [0.3, 0.4) is 0 Å². The predicted octanol–water partition coefficient (Wildman–Crippen LogP) is 3.64. The molecule has 0 fully saturated rings. The van der Waals surface area contributed by atoms with Crippen LogP contribution < -0.4 is 5.73 Å². The zero-order chi connectivity index (χ0) is 14.3. The first-order valence-electron chi connectivity index (χ1n) is 5.80. The Morgan fingerprint density at radius 3 is 2.30 bits per heavy atom. The second kappa shape index (κ2) is 4.81. The van der Waals surface area contributed by atoms with E-state index in [1.165, 1.54) is 0 Å². The summed E-state index contributed by atoms with van der Waals surface area (Å²) in [6.07, 6.45) is 0. The molecule has 20 heavy (non-hydrogen) atoms. The average molecular weight is 306 g/mol. The molecule has 0 saturated heterocycles. The number of H-pyrrole nitrogens is 1. The van der Waals surface area contributed by atoms with Crippen molar-refractivity contribution in [2.45, 2.75) is 0 Å². The van der Waals surface area contributed by atoms with E-state index in [4.69, 9.17) is 28.9 Å². The fourth-order valence-corrected chi connectivity index (χ4v) is 2.36. The molecule has 0 aliphatic rings. The van der Waals surface area contributed by atoms with E-state index in [0.29, 0.717) is 32.5 Å². The summed E-state index contributed by atoms with van der Waals surface area (Å²) in [6, 6.07) is 10.2. The van der Waals surface area contributed by atoms with Gasteiger partial charge in [-0.25, -0.2) is 4.98 Å². The van der Waals surface area contributed by atoms with Crippen LogP contribution in [0, 0.1) is 0 Å². The van der Waals surface area contributed by atoms with Crippen molar-refractivity contribution in [1.82, 2.24) is 9.97 Å². The van der Waals surface area contributed by atoms with E-state index in [-0.39, 0.29) is 0 Å². The number of aromatic nitrogens is 2. The number of rotatable bonds is 2. The van der Waals surface area contributed by atoms with E-state index in [2.05, 4.69) is 9.97 Å². The molecule has 1 amide bonds. The highest BCUT2D eigenvalue weighted by atomic mass is 35.5. The lowest BCUT2D eigenvalue weighted by Gasteiger charge is -1.98. The Balaban J connectivity index is 2.12. The summed E-state index contributed by atoms with van der Waals surface area (Å²) in [5.74, 6) is 0.165. The van der Waals surface area contributed by atoms with Gasteiger partial charge in [-0.1, -0.05) is 35.3 Å². The van der Waals surface area contributed by atoms with Crippen LogP contribution in [-0.4, -0.2) is 15.9 Å². The number of hydrogen-bond acceptors (Lipinski definition) is 2. The number of halogens is 2. The fourth-order valence-electron chi connectivity index (χ4n) is 1.96. The Morgan fingerprint density at radius 1 is 1.05 bits per heavy atom. The normalized spacial score (nSPS) is 10.9. The van der Waals surface area contributed by atoms with E-state index in [9.17, 15) is 4.79 Å². The molecular weight excluding hydrogens is 297 g/mol. The molecule has 0 unspecified atom stereocenters. The van der Waals surface area contributed by atoms with Gasteiger partial charge in [-0.3, -0.25) is 4.79 Å². The van der Waals surface area contributed by atoms with Crippen molar-refractivity contribution in [3.05, 3.63) is 52.0 Å². The number of nitrogens with zero attached hydrogens (tertiary/aromatic N) is 1. The third kappa shape index (κ3) is 2.13. The number of aromatic amines is 1. The predicted molar refractivity (Wildman–Crippen MR) is 80.1 cm³/mol. The third-order valence-corrected chi connectivity index (χ3v) is 3.61. The second-order valence-corrected chi connectivity index (χ2v) is 5.09. The van der Waals surface area contributed by atoms with Crippen molar-refractivity contribution in [3.8, 4) is 11.4 Å². The van der Waals surface area contributed by atoms with Gasteiger partial charge in [-0.2, -0.15) is 0 Å². The first-order valence-corrected chi connectivity index (χ1v) is 6.56. The minimum absolute atomic E-state index is 0.445. The molecule has 4 nitrogen and oxygen atoms in total. The first kappa shape index (κ1) is 13.0. The topological polar surface area (TPSA) is 71.8 Å². The number of amides is 1. The first-order chi connectivity index (χ1) is 9.56. The number of carbonyl (C=O) groups is 1. The standard InChI is InChI=1S/C14H9Cl2N3O/c15-9-5-6-10(16)12-11(9)18-14(19-12)8-3-1-7(2-4-8)13(17)20/h1-6H,(H2,17,20)(H,18,19). The molecule has 0 aliphatic heterocycles. The molecule has 3 rings (SSSR count). The maximum absolute atomic E-state index is 11.0. The molecule has 6 heteroatoms. The molecule has 0 radical (unpaired) electrons. The van der Waals surface area contributed by atoms with E-state index in [0.717, 1.165) is 5.56 Å². The van der Waals surface area contributed by atoms with Crippen LogP contribution in [0.1, 0.15) is 10.4 Å². The summed E-state index contributed by atoms with van der Waals surface area (Å²) in [5.41, 5.74) is 7.78. The van der Waals surface area contributed by atoms with Gasteiger partial charge in [0.05, 0.1) is 15.6 Å². The molecule has 0 spiro atoms. The van der Waals surface area contributed by atoms with Gasteiger partial charge in [0.25, 0.3) is 0 Å². The SMILES string of the molecule is NC(=O)c1ccc(-c2nc3c(Cl)ccc(Cl)c3[nH]2)cc1. The molecule has 0 bridgehead atoms. The molecule has 0 saturated carbocycles. The summed E-state index contributed by atoms with van der Waals surface area (Å²) in [4.78, 5) is 18.6. The van der Waals surface area contributed by atoms with Crippen molar-refractivity contribution < 1.29 is 4.79 Å². The minimum atomic E-state index is -0.466. The Kier molecular flexibility index (Phi) is 3.12. The number of primary amides is 1. The maximum atomic E-state index is 11.0. The average Bonchev–Trinajstić information content (AvgIpc) is 2.89. The van der Waals surface area contributed by atoms with Crippen LogP contribution >= 0.6 is 23.2 Å². The van der Waals surface area contributed by atoms with Gasteiger partial charge in [0, 0.05) is 11.1 Å². The van der Waals surface area contributed by atoms with Gasteiger partial charge in [-0.05, 0) is 24.3 Å². The van der Waals surface area contributed by atoms with Crippen molar-refractivity contribution in [1.29, 1.82) is 0 Å². The summed E-state index contributed by atoms with van der Waals surface area (Å²) >= 11 is 12.2. The number of nitrogens with one attached hydrogen (secondary N) is 1. The summed E-state index contributed by atoms with van der Waals surface area (Å²) in [6.45, 7) is 0. The third-order valence-electron chi connectivity index (χ3n) is 2.99. The van der Waals surface area contributed by atoms with Gasteiger partial charge in [-0.15, -0.1) is 0 Å². The molecule has 3 N–H and O–H groups in total. The van der Waals surface area contributed by atoms with Crippen LogP contribution in [-0.2, 0) is 0 Å². The lowest BCUT2D eigenvalue weighted by molar-refractivity contribution is 0.100. The maximum Gasteiger partial charge on any atom is 0.248 e. The van der Waals surface area contributed by atoms with Crippen LogP contribution in [0.25, 0.3) is 22.4 Å². The number of carbonyl (C=O) groups excluding carboxylic acids is 1. The van der Waals surface area contributed by atoms with Crippen molar-refractivity contribution in [3.63, 3.8) is 0 Å². The Bertz CT molecular complexity index is 770. The zero-order valence-corrected chi connectivity index (χ0v) is 11.7. The highest BCUT2D eigenvalue weighted by Gasteiger charge is 2.11. The van der Waals surface area contributed by atoms with Crippen LogP contribution in [0.5, 0.6) is 0 Å². The Hall–Kier alpha value is -2.04. The fraction of sp³-hybridized carbons (Fsp3) is 0. The van der Waals surface area contributed by atoms with Crippen molar-refractivity contribution >= 4 is 40.1 Å². The molecule has 0 aliphatic carbocycles. The molecule has 3 aromatic rings. The lowest BCUT2D eigenvalue weighted by Crippen LogP contribution is -2.10. The van der Waals surface area contributed by atoms with Gasteiger partial charge in [0.2, 0.25) is 5.91 Å². The van der Waals surface area contributed by atoms with Crippen LogP contribution in [0.2, 0.25) is 10.0 Å². The molecular formula is C14H9Cl2N3O. The monoisotopic (exact) mass is 305 g/mol. The highest BCUT2D eigenvalue weighted by Crippen LogP contribution is 2.30. The Labute approximate surface area is 124 Å². The number of nitrogens with two attached hydrogens (primary N) is 1. The molecule has 1 heterocycles. The van der Waals surface area contributed by atoms with Crippen LogP contribution in [0.4, 0.5) is 0 Å². The summed E-state index contributed by atoms with van der Waals surface area (Å²) in [5, 5.41) is 1.08. The molecule has 2 aromatic carbocycles. The second-order valence-electron chi connectivity index (χ2n) is 4.28. The van der Waals surface area contributed by atoms with E-state index >= 15 is 0 Å². The summed E-state index contributed by atoms with van der Waals surface area (Å²) in [7, 11) is 0. The molecule has 1 aromatic heterocycles. The Morgan fingerprint density at radius 2 is 1.70 bits per heavy atom. The molecule has 100 valence electrons. The van der Waals surface area contributed by atoms with Gasteiger partial charge in [0.1, 0.15) is 11.3 Å². The smallest absolute Gasteiger partial charge is 0.248 e. The number of imidazole rings is 1. The highest BCUT2D eigenvalue weighted by molar-refractivity contribution is 6.39. The quantitative estimate of drug-likeness (QED) is 0.758. The number of fused-ring (bicyclic) bond motifs is 1. The largest absolute Gasteiger partial charge is 0.366 e. The minimum Gasteiger partial charge on any atom is -0.366 e. The summed E-state index contributed by atoms with van der Waals surface area (Å²) < 4.78 is 0. The van der Waals surface area contributed by atoms with Crippen LogP contribution in [0.15, 0.2) is 36.4 Å². The van der Waals surface area contributed by atoms with Gasteiger partial charge in [0.15, 0.2) is 0 Å². The number of benzene rings is 2. The molecule has 0 atom stereocenters. The lowest BCUT2D eigenvalue weighted by atomic mass is 10.1. The number of hydrogen-bond donors (Lipinski definition) is 2. The van der Waals surface area contributed by atoms with E-state index in [1.807, 2.05) is 0 Å². The van der Waals surface area contributed by atoms with Crippen molar-refractivity contribution in [2.75, 3.05) is 0 Å². The zero-order valence-electron chi connectivity index (χ0n) is 10.2. The van der Waals surface area contributed by atoms with Gasteiger partial charge >= 0.3 is 0 Å². The van der Waals surface area contributed by atoms with E-state index < -0.39 is 5.91 Å². The van der Waals surface area contributed by atoms with Gasteiger partial charge < -0.3 is 10.7 Å².